The Hall–Kier alpha value is -0.860. The number of rotatable bonds is 4. The van der Waals surface area contributed by atoms with E-state index >= 15 is 0 Å². The van der Waals surface area contributed by atoms with E-state index in [-0.39, 0.29) is 18.3 Å². The summed E-state index contributed by atoms with van der Waals surface area (Å²) in [5, 5.41) is 11.2. The summed E-state index contributed by atoms with van der Waals surface area (Å²) in [6.07, 6.45) is 3.47. The van der Waals surface area contributed by atoms with Crippen LogP contribution in [0.3, 0.4) is 0 Å². The third kappa shape index (κ3) is 4.36. The predicted octanol–water partition coefficient (Wildman–Crippen LogP) is 3.97. The molecule has 0 bridgehead atoms. The lowest BCUT2D eigenvalue weighted by Crippen LogP contribution is -2.48. The summed E-state index contributed by atoms with van der Waals surface area (Å²) in [4.78, 5) is 13.2. The van der Waals surface area contributed by atoms with Gasteiger partial charge in [0.25, 0.3) is 0 Å². The average molecular weight is 391 g/mol. The van der Waals surface area contributed by atoms with E-state index in [1.54, 1.807) is 11.6 Å². The normalized spacial score (nSPS) is 15.9. The number of hydrogen-bond donors (Lipinski definition) is 2. The van der Waals surface area contributed by atoms with Crippen LogP contribution in [-0.2, 0) is 4.79 Å². The highest BCUT2D eigenvalue weighted by Crippen LogP contribution is 2.35. The van der Waals surface area contributed by atoms with Crippen molar-refractivity contribution in [1.82, 2.24) is 10.2 Å². The first-order valence-corrected chi connectivity index (χ1v) is 8.98. The van der Waals surface area contributed by atoms with Crippen LogP contribution in [0.2, 0.25) is 5.02 Å². The van der Waals surface area contributed by atoms with E-state index in [0.29, 0.717) is 10.7 Å². The highest BCUT2D eigenvalue weighted by Gasteiger charge is 2.36. The molecule has 1 heterocycles. The summed E-state index contributed by atoms with van der Waals surface area (Å²) in [5.74, 6) is -0.134. The second-order valence-corrected chi connectivity index (χ2v) is 7.80. The first-order chi connectivity index (χ1) is 10.6. The first-order valence-electron chi connectivity index (χ1n) is 6.91. The van der Waals surface area contributed by atoms with Gasteiger partial charge in [0.15, 0.2) is 4.34 Å². The summed E-state index contributed by atoms with van der Waals surface area (Å²) in [7, 11) is 0. The second-order valence-electron chi connectivity index (χ2n) is 5.27. The molecule has 1 fully saturated rings. The van der Waals surface area contributed by atoms with Crippen molar-refractivity contribution < 1.29 is 4.79 Å². The van der Waals surface area contributed by atoms with Gasteiger partial charge in [0.05, 0.1) is 10.6 Å². The Morgan fingerprint density at radius 2 is 2.13 bits per heavy atom. The zero-order valence-corrected chi connectivity index (χ0v) is 15.3. The minimum absolute atomic E-state index is 0. The quantitative estimate of drug-likeness (QED) is 0.824. The number of nitrogens with one attached hydrogen (secondary N) is 1. The maximum Gasteiger partial charge on any atom is 0.244 e. The van der Waals surface area contributed by atoms with Gasteiger partial charge in [-0.15, -0.1) is 22.6 Å². The van der Waals surface area contributed by atoms with Crippen molar-refractivity contribution in [2.75, 3.05) is 5.32 Å². The molecule has 1 aliphatic rings. The predicted molar refractivity (Wildman–Crippen MR) is 96.7 cm³/mol. The topological polar surface area (TPSA) is 80.9 Å². The maximum absolute atomic E-state index is 12.3. The number of amides is 1. The molecule has 0 spiro atoms. The van der Waals surface area contributed by atoms with Crippen molar-refractivity contribution in [2.45, 2.75) is 40.5 Å². The van der Waals surface area contributed by atoms with Crippen molar-refractivity contribution in [3.63, 3.8) is 0 Å². The molecular formula is C14H16Cl2N4OS2. The smallest absolute Gasteiger partial charge is 0.244 e. The molecule has 23 heavy (non-hydrogen) atoms. The van der Waals surface area contributed by atoms with Gasteiger partial charge in [-0.2, -0.15) is 0 Å². The number of hydrogen-bond acceptors (Lipinski definition) is 6. The molecule has 1 aliphatic carbocycles. The summed E-state index contributed by atoms with van der Waals surface area (Å²) >= 11 is 9.18. The third-order valence-electron chi connectivity index (χ3n) is 3.68. The average Bonchev–Trinajstić information content (AvgIpc) is 3.14. The SMILES string of the molecule is Cl.NC1(C(=O)Nc2ccc(Sc3nncs3)c(Cl)c2)CCCC1. The molecule has 124 valence electrons. The van der Waals surface area contributed by atoms with E-state index in [4.69, 9.17) is 17.3 Å². The summed E-state index contributed by atoms with van der Waals surface area (Å²) < 4.78 is 0.825. The Morgan fingerprint density at radius 1 is 1.39 bits per heavy atom. The van der Waals surface area contributed by atoms with E-state index in [1.807, 2.05) is 12.1 Å². The van der Waals surface area contributed by atoms with E-state index in [1.165, 1.54) is 23.1 Å². The highest BCUT2D eigenvalue weighted by atomic mass is 35.5. The Morgan fingerprint density at radius 3 is 2.74 bits per heavy atom. The minimum atomic E-state index is -0.744. The van der Waals surface area contributed by atoms with Gasteiger partial charge < -0.3 is 11.1 Å². The number of nitrogens with two attached hydrogens (primary N) is 1. The van der Waals surface area contributed by atoms with Crippen molar-refractivity contribution in [1.29, 1.82) is 0 Å². The number of benzene rings is 1. The lowest BCUT2D eigenvalue weighted by Gasteiger charge is -2.22. The van der Waals surface area contributed by atoms with E-state index in [0.717, 1.165) is 34.9 Å². The van der Waals surface area contributed by atoms with E-state index in [2.05, 4.69) is 15.5 Å². The first kappa shape index (κ1) is 18.5. The molecule has 0 saturated heterocycles. The Bertz CT molecular complexity index is 675. The Balaban J connectivity index is 0.00000192. The van der Waals surface area contributed by atoms with Crippen LogP contribution >= 0.6 is 47.1 Å². The van der Waals surface area contributed by atoms with Crippen molar-refractivity contribution in [3.05, 3.63) is 28.7 Å². The summed E-state index contributed by atoms with van der Waals surface area (Å²) in [6.45, 7) is 0. The maximum atomic E-state index is 12.3. The van der Waals surface area contributed by atoms with Gasteiger partial charge in [-0.25, -0.2) is 0 Å². The number of nitrogens with zero attached hydrogens (tertiary/aromatic N) is 2. The molecule has 3 rings (SSSR count). The number of aromatic nitrogens is 2. The van der Waals surface area contributed by atoms with Crippen LogP contribution in [0.4, 0.5) is 5.69 Å². The van der Waals surface area contributed by atoms with Crippen molar-refractivity contribution >= 4 is 58.7 Å². The zero-order valence-electron chi connectivity index (χ0n) is 12.1. The molecule has 1 aromatic heterocycles. The highest BCUT2D eigenvalue weighted by molar-refractivity contribution is 8.01. The lowest BCUT2D eigenvalue weighted by molar-refractivity contribution is -0.121. The van der Waals surface area contributed by atoms with Gasteiger partial charge >= 0.3 is 0 Å². The standard InChI is InChI=1S/C14H15ClN4OS2.ClH/c15-10-7-9(18-12(20)14(16)5-1-2-6-14)3-4-11(10)22-13-19-17-8-21-13;/h3-4,7-8H,1-2,5-6,16H2,(H,18,20);1H. The summed E-state index contributed by atoms with van der Waals surface area (Å²) in [6, 6.07) is 5.43. The minimum Gasteiger partial charge on any atom is -0.324 e. The largest absolute Gasteiger partial charge is 0.324 e. The van der Waals surface area contributed by atoms with Crippen LogP contribution in [0, 0.1) is 0 Å². The molecule has 0 radical (unpaired) electrons. The fourth-order valence-corrected chi connectivity index (χ4v) is 4.19. The molecule has 0 atom stereocenters. The molecule has 0 aliphatic heterocycles. The number of halogens is 2. The van der Waals surface area contributed by atoms with Crippen LogP contribution in [0.25, 0.3) is 0 Å². The third-order valence-corrected chi connectivity index (χ3v) is 5.95. The number of carbonyl (C=O) groups is 1. The fourth-order valence-electron chi connectivity index (χ4n) is 2.45. The van der Waals surface area contributed by atoms with Crippen molar-refractivity contribution in [2.24, 2.45) is 5.73 Å². The van der Waals surface area contributed by atoms with E-state index in [9.17, 15) is 4.79 Å². The van der Waals surface area contributed by atoms with Crippen LogP contribution in [0.1, 0.15) is 25.7 Å². The van der Waals surface area contributed by atoms with Gasteiger partial charge in [0, 0.05) is 10.6 Å². The molecule has 1 amide bonds. The molecule has 0 unspecified atom stereocenters. The molecule has 3 N–H and O–H groups in total. The van der Waals surface area contributed by atoms with Gasteiger partial charge in [0.2, 0.25) is 5.91 Å². The fraction of sp³-hybridized carbons (Fsp3) is 0.357. The second kappa shape index (κ2) is 7.81. The van der Waals surface area contributed by atoms with Crippen LogP contribution in [0.5, 0.6) is 0 Å². The van der Waals surface area contributed by atoms with E-state index < -0.39 is 5.54 Å². The van der Waals surface area contributed by atoms with Crippen LogP contribution < -0.4 is 11.1 Å². The molecule has 5 nitrogen and oxygen atoms in total. The number of anilines is 1. The van der Waals surface area contributed by atoms with Gasteiger partial charge in [-0.05, 0) is 31.0 Å². The molecule has 2 aromatic rings. The van der Waals surface area contributed by atoms with Gasteiger partial charge in [0.1, 0.15) is 5.51 Å². The Labute approximate surface area is 153 Å². The monoisotopic (exact) mass is 390 g/mol. The zero-order chi connectivity index (χ0) is 15.6. The molecule has 1 saturated carbocycles. The lowest BCUT2D eigenvalue weighted by atomic mass is 9.98. The number of carbonyl (C=O) groups excluding carboxylic acids is 1. The molecular weight excluding hydrogens is 375 g/mol. The Kier molecular flexibility index (Phi) is 6.27. The molecule has 1 aromatic carbocycles. The van der Waals surface area contributed by atoms with Gasteiger partial charge in [-0.1, -0.05) is 47.5 Å². The van der Waals surface area contributed by atoms with Crippen LogP contribution in [-0.4, -0.2) is 21.6 Å². The summed E-state index contributed by atoms with van der Waals surface area (Å²) in [5.41, 5.74) is 7.74. The van der Waals surface area contributed by atoms with Crippen LogP contribution in [0.15, 0.2) is 32.9 Å². The van der Waals surface area contributed by atoms with Gasteiger partial charge in [-0.3, -0.25) is 4.79 Å². The molecule has 9 heteroatoms. The van der Waals surface area contributed by atoms with Crippen molar-refractivity contribution in [3.8, 4) is 0 Å².